The molecule has 1 saturated carbocycles. The average molecular weight is 228 g/mol. The summed E-state index contributed by atoms with van der Waals surface area (Å²) in [5, 5.41) is 5.81. The molecule has 1 N–H and O–H groups in total. The van der Waals surface area contributed by atoms with Crippen molar-refractivity contribution in [1.29, 1.82) is 0 Å². The monoisotopic (exact) mass is 228 g/mol. The molecule has 1 aliphatic carbocycles. The van der Waals surface area contributed by atoms with Crippen LogP contribution in [0.5, 0.6) is 5.88 Å². The third-order valence-electron chi connectivity index (χ3n) is 2.97. The Morgan fingerprint density at radius 2 is 2.24 bits per heavy atom. The molecule has 0 aliphatic heterocycles. The van der Waals surface area contributed by atoms with Gasteiger partial charge in [-0.2, -0.15) is 0 Å². The molecule has 0 spiro atoms. The predicted octanol–water partition coefficient (Wildman–Crippen LogP) is 3.21. The molecule has 1 heterocycles. The van der Waals surface area contributed by atoms with Gasteiger partial charge in [-0.05, 0) is 37.3 Å². The van der Waals surface area contributed by atoms with Crippen molar-refractivity contribution < 1.29 is 4.74 Å². The minimum Gasteiger partial charge on any atom is -0.477 e. The van der Waals surface area contributed by atoms with Gasteiger partial charge in [-0.25, -0.2) is 4.98 Å². The lowest BCUT2D eigenvalue weighted by Crippen LogP contribution is -2.03. The first kappa shape index (κ1) is 10.4. The summed E-state index contributed by atoms with van der Waals surface area (Å²) in [6.45, 7) is 2.63. The van der Waals surface area contributed by atoms with Crippen molar-refractivity contribution in [2.24, 2.45) is 0 Å². The van der Waals surface area contributed by atoms with Gasteiger partial charge in [-0.15, -0.1) is 0 Å². The molecule has 1 aromatic heterocycles. The summed E-state index contributed by atoms with van der Waals surface area (Å²) in [5.41, 5.74) is 1.14. The lowest BCUT2D eigenvalue weighted by molar-refractivity contribution is 0.331. The maximum Gasteiger partial charge on any atom is 0.223 e. The van der Waals surface area contributed by atoms with E-state index in [9.17, 15) is 0 Å². The zero-order valence-electron chi connectivity index (χ0n) is 9.94. The van der Waals surface area contributed by atoms with Gasteiger partial charge in [0.1, 0.15) is 0 Å². The van der Waals surface area contributed by atoms with Gasteiger partial charge < -0.3 is 10.1 Å². The maximum absolute atomic E-state index is 5.61. The number of nitrogens with zero attached hydrogens (tertiary/aromatic N) is 1. The minimum atomic E-state index is 0.635. The Morgan fingerprint density at radius 1 is 1.35 bits per heavy atom. The van der Waals surface area contributed by atoms with Crippen LogP contribution < -0.4 is 10.1 Å². The second kappa shape index (κ2) is 4.24. The molecule has 88 valence electrons. The van der Waals surface area contributed by atoms with Gasteiger partial charge in [-0.1, -0.05) is 12.1 Å². The number of nitrogens with one attached hydrogen (secondary N) is 1. The molecule has 1 aliphatic rings. The maximum atomic E-state index is 5.61. The van der Waals surface area contributed by atoms with Gasteiger partial charge in [0.05, 0.1) is 12.0 Å². The first-order valence-electron chi connectivity index (χ1n) is 6.15. The van der Waals surface area contributed by atoms with Crippen molar-refractivity contribution in [3.8, 4) is 5.88 Å². The first-order chi connectivity index (χ1) is 8.38. The lowest BCUT2D eigenvalue weighted by Gasteiger charge is -2.12. The molecule has 0 amide bonds. The standard InChI is InChI=1S/C14H16N2O/c1-2-17-14-13-10(8-9-15-14)4-3-5-12(13)16-11-6-7-11/h3-5,8-9,11,16H,2,6-7H2,1H3. The van der Waals surface area contributed by atoms with Crippen LogP contribution in [0.2, 0.25) is 0 Å². The summed E-state index contributed by atoms with van der Waals surface area (Å²) in [6.07, 6.45) is 4.33. The fourth-order valence-electron chi connectivity index (χ4n) is 2.01. The SMILES string of the molecule is CCOc1nccc2cccc(NC3CC3)c12. The Hall–Kier alpha value is -1.77. The second-order valence-electron chi connectivity index (χ2n) is 4.37. The van der Waals surface area contributed by atoms with Crippen LogP contribution in [0.1, 0.15) is 19.8 Å². The van der Waals surface area contributed by atoms with E-state index in [2.05, 4.69) is 28.5 Å². The number of benzene rings is 1. The topological polar surface area (TPSA) is 34.1 Å². The summed E-state index contributed by atoms with van der Waals surface area (Å²) in [6, 6.07) is 8.93. The summed E-state index contributed by atoms with van der Waals surface area (Å²) >= 11 is 0. The van der Waals surface area contributed by atoms with E-state index in [1.807, 2.05) is 13.0 Å². The zero-order valence-corrected chi connectivity index (χ0v) is 9.94. The normalized spacial score (nSPS) is 14.9. The van der Waals surface area contributed by atoms with E-state index in [0.717, 1.165) is 17.0 Å². The predicted molar refractivity (Wildman–Crippen MR) is 69.6 cm³/mol. The van der Waals surface area contributed by atoms with Gasteiger partial charge in [0.2, 0.25) is 5.88 Å². The highest BCUT2D eigenvalue weighted by Crippen LogP contribution is 2.34. The van der Waals surface area contributed by atoms with Crippen LogP contribution in [-0.2, 0) is 0 Å². The molecule has 17 heavy (non-hydrogen) atoms. The molecule has 0 bridgehead atoms. The van der Waals surface area contributed by atoms with Crippen molar-refractivity contribution in [3.05, 3.63) is 30.5 Å². The molecule has 1 aromatic carbocycles. The average Bonchev–Trinajstić information content (AvgIpc) is 3.14. The van der Waals surface area contributed by atoms with Crippen LogP contribution in [-0.4, -0.2) is 17.6 Å². The molecular weight excluding hydrogens is 212 g/mol. The number of anilines is 1. The number of hydrogen-bond donors (Lipinski definition) is 1. The van der Waals surface area contributed by atoms with Crippen LogP contribution in [0.4, 0.5) is 5.69 Å². The first-order valence-corrected chi connectivity index (χ1v) is 6.15. The second-order valence-corrected chi connectivity index (χ2v) is 4.37. The smallest absolute Gasteiger partial charge is 0.223 e. The van der Waals surface area contributed by atoms with Gasteiger partial charge >= 0.3 is 0 Å². The highest BCUT2D eigenvalue weighted by molar-refractivity contribution is 5.97. The van der Waals surface area contributed by atoms with E-state index in [-0.39, 0.29) is 0 Å². The molecule has 1 fully saturated rings. The Morgan fingerprint density at radius 3 is 3.00 bits per heavy atom. The summed E-state index contributed by atoms with van der Waals surface area (Å²) in [5.74, 6) is 0.730. The minimum absolute atomic E-state index is 0.635. The van der Waals surface area contributed by atoms with Crippen molar-refractivity contribution in [3.63, 3.8) is 0 Å². The molecular formula is C14H16N2O. The number of aromatic nitrogens is 1. The number of fused-ring (bicyclic) bond motifs is 1. The number of pyridine rings is 1. The lowest BCUT2D eigenvalue weighted by atomic mass is 10.1. The Labute approximate surface area is 101 Å². The van der Waals surface area contributed by atoms with Crippen molar-refractivity contribution >= 4 is 16.5 Å². The van der Waals surface area contributed by atoms with Crippen molar-refractivity contribution in [2.45, 2.75) is 25.8 Å². The van der Waals surface area contributed by atoms with Crippen LogP contribution in [0, 0.1) is 0 Å². The van der Waals surface area contributed by atoms with E-state index in [0.29, 0.717) is 12.6 Å². The third-order valence-corrected chi connectivity index (χ3v) is 2.97. The van der Waals surface area contributed by atoms with E-state index < -0.39 is 0 Å². The van der Waals surface area contributed by atoms with Gasteiger partial charge in [0, 0.05) is 17.9 Å². The van der Waals surface area contributed by atoms with Crippen LogP contribution in [0.15, 0.2) is 30.5 Å². The molecule has 0 radical (unpaired) electrons. The Kier molecular flexibility index (Phi) is 2.59. The van der Waals surface area contributed by atoms with Crippen LogP contribution >= 0.6 is 0 Å². The number of ether oxygens (including phenoxy) is 1. The third kappa shape index (κ3) is 2.05. The van der Waals surface area contributed by atoms with E-state index >= 15 is 0 Å². The molecule has 0 saturated heterocycles. The van der Waals surface area contributed by atoms with Gasteiger partial charge in [-0.3, -0.25) is 0 Å². The van der Waals surface area contributed by atoms with Gasteiger partial charge in [0.25, 0.3) is 0 Å². The molecule has 3 nitrogen and oxygen atoms in total. The Balaban J connectivity index is 2.11. The Bertz CT molecular complexity index is 529. The number of rotatable bonds is 4. The van der Waals surface area contributed by atoms with E-state index in [1.54, 1.807) is 6.20 Å². The number of hydrogen-bond acceptors (Lipinski definition) is 3. The fourth-order valence-corrected chi connectivity index (χ4v) is 2.01. The van der Waals surface area contributed by atoms with Crippen molar-refractivity contribution in [2.75, 3.05) is 11.9 Å². The molecule has 2 aromatic rings. The highest BCUT2D eigenvalue weighted by atomic mass is 16.5. The molecule has 0 unspecified atom stereocenters. The van der Waals surface area contributed by atoms with Crippen LogP contribution in [0.25, 0.3) is 10.8 Å². The summed E-state index contributed by atoms with van der Waals surface area (Å²) in [4.78, 5) is 4.32. The van der Waals surface area contributed by atoms with E-state index in [4.69, 9.17) is 4.74 Å². The quantitative estimate of drug-likeness (QED) is 0.872. The molecule has 0 atom stereocenters. The zero-order chi connectivity index (χ0) is 11.7. The summed E-state index contributed by atoms with van der Waals surface area (Å²) < 4.78 is 5.61. The molecule has 3 rings (SSSR count). The van der Waals surface area contributed by atoms with E-state index in [1.165, 1.54) is 18.2 Å². The highest BCUT2D eigenvalue weighted by Gasteiger charge is 2.22. The van der Waals surface area contributed by atoms with Gasteiger partial charge in [0.15, 0.2) is 0 Å². The van der Waals surface area contributed by atoms with Crippen molar-refractivity contribution in [1.82, 2.24) is 4.98 Å². The van der Waals surface area contributed by atoms with Crippen LogP contribution in [0.3, 0.4) is 0 Å². The largest absolute Gasteiger partial charge is 0.477 e. The summed E-state index contributed by atoms with van der Waals surface area (Å²) in [7, 11) is 0. The fraction of sp³-hybridized carbons (Fsp3) is 0.357. The molecule has 3 heteroatoms.